The van der Waals surface area contributed by atoms with E-state index in [0.29, 0.717) is 16.8 Å². The predicted octanol–water partition coefficient (Wildman–Crippen LogP) is 3.45. The highest BCUT2D eigenvalue weighted by atomic mass is 16.5. The lowest BCUT2D eigenvalue weighted by Crippen LogP contribution is -2.47. The first-order valence-electron chi connectivity index (χ1n) is 8.28. The van der Waals surface area contributed by atoms with Crippen LogP contribution in [0.2, 0.25) is 0 Å². The highest BCUT2D eigenvalue weighted by molar-refractivity contribution is 5.92. The van der Waals surface area contributed by atoms with Gasteiger partial charge in [0.1, 0.15) is 12.6 Å². The van der Waals surface area contributed by atoms with E-state index in [9.17, 15) is 9.59 Å². The minimum absolute atomic E-state index is 0.0201. The number of ether oxygens (including phenoxy) is 1. The molecule has 0 heterocycles. The van der Waals surface area contributed by atoms with Crippen molar-refractivity contribution in [2.24, 2.45) is 5.92 Å². The number of nitriles is 1. The first-order chi connectivity index (χ1) is 12.5. The van der Waals surface area contributed by atoms with E-state index in [1.54, 1.807) is 48.5 Å². The van der Waals surface area contributed by atoms with Crippen molar-refractivity contribution in [1.82, 2.24) is 5.32 Å². The average Bonchev–Trinajstić information content (AvgIpc) is 2.65. The average molecular weight is 351 g/mol. The van der Waals surface area contributed by atoms with Gasteiger partial charge in [-0.25, -0.2) is 9.59 Å². The molecule has 134 valence electrons. The number of carbonyl (C=O) groups is 2. The number of para-hydroxylation sites is 1. The maximum Gasteiger partial charge on any atom is 0.329 e. The van der Waals surface area contributed by atoms with Crippen LogP contribution in [0.4, 0.5) is 10.5 Å². The number of nitrogens with zero attached hydrogens (tertiary/aromatic N) is 1. The number of benzene rings is 2. The van der Waals surface area contributed by atoms with Crippen molar-refractivity contribution in [2.75, 3.05) is 5.32 Å². The SMILES string of the molecule is CC(C)[C@H](NC(=O)Nc1ccccc1)C(=O)OCc1ccccc1C#N. The molecule has 0 saturated heterocycles. The summed E-state index contributed by atoms with van der Waals surface area (Å²) in [4.78, 5) is 24.5. The van der Waals surface area contributed by atoms with Gasteiger partial charge >= 0.3 is 12.0 Å². The van der Waals surface area contributed by atoms with Crippen LogP contribution in [0.1, 0.15) is 25.0 Å². The van der Waals surface area contributed by atoms with Crippen LogP contribution < -0.4 is 10.6 Å². The van der Waals surface area contributed by atoms with Crippen LogP contribution in [-0.4, -0.2) is 18.0 Å². The summed E-state index contributed by atoms with van der Waals surface area (Å²) in [5.41, 5.74) is 1.71. The predicted molar refractivity (Wildman–Crippen MR) is 98.2 cm³/mol. The molecule has 2 aromatic rings. The second-order valence-corrected chi connectivity index (χ2v) is 6.06. The zero-order chi connectivity index (χ0) is 18.9. The van der Waals surface area contributed by atoms with E-state index in [-0.39, 0.29) is 12.5 Å². The first-order valence-corrected chi connectivity index (χ1v) is 8.28. The Hall–Kier alpha value is -3.33. The third-order valence-corrected chi connectivity index (χ3v) is 3.75. The Morgan fingerprint density at radius 2 is 1.73 bits per heavy atom. The second-order valence-electron chi connectivity index (χ2n) is 6.06. The normalized spacial score (nSPS) is 11.3. The van der Waals surface area contributed by atoms with Gasteiger partial charge in [-0.2, -0.15) is 5.26 Å². The van der Waals surface area contributed by atoms with E-state index >= 15 is 0 Å². The molecule has 0 aliphatic carbocycles. The zero-order valence-corrected chi connectivity index (χ0v) is 14.7. The molecule has 0 aromatic heterocycles. The van der Waals surface area contributed by atoms with Crippen molar-refractivity contribution < 1.29 is 14.3 Å². The number of hydrogen-bond donors (Lipinski definition) is 2. The highest BCUT2D eigenvalue weighted by Crippen LogP contribution is 2.12. The Labute approximate surface area is 152 Å². The number of carbonyl (C=O) groups excluding carboxylic acids is 2. The summed E-state index contributed by atoms with van der Waals surface area (Å²) in [5.74, 6) is -0.703. The molecule has 2 N–H and O–H groups in total. The van der Waals surface area contributed by atoms with Crippen molar-refractivity contribution >= 4 is 17.7 Å². The van der Waals surface area contributed by atoms with Gasteiger partial charge in [0.25, 0.3) is 0 Å². The summed E-state index contributed by atoms with van der Waals surface area (Å²) in [6.07, 6.45) is 0. The van der Waals surface area contributed by atoms with E-state index in [4.69, 9.17) is 10.00 Å². The molecule has 0 saturated carbocycles. The van der Waals surface area contributed by atoms with Gasteiger partial charge in [-0.1, -0.05) is 50.2 Å². The fraction of sp³-hybridized carbons (Fsp3) is 0.250. The molecular formula is C20H21N3O3. The van der Waals surface area contributed by atoms with Crippen LogP contribution in [0.5, 0.6) is 0 Å². The van der Waals surface area contributed by atoms with Gasteiger partial charge in [0.2, 0.25) is 0 Å². The lowest BCUT2D eigenvalue weighted by atomic mass is 10.0. The Morgan fingerprint density at radius 3 is 2.38 bits per heavy atom. The molecule has 0 bridgehead atoms. The van der Waals surface area contributed by atoms with Gasteiger partial charge in [0.05, 0.1) is 11.6 Å². The number of rotatable bonds is 6. The molecule has 0 radical (unpaired) electrons. The van der Waals surface area contributed by atoms with E-state index in [2.05, 4.69) is 16.7 Å². The molecule has 2 amide bonds. The number of esters is 1. The third kappa shape index (κ3) is 5.35. The van der Waals surface area contributed by atoms with Crippen molar-refractivity contribution in [2.45, 2.75) is 26.5 Å². The lowest BCUT2D eigenvalue weighted by molar-refractivity contribution is -0.148. The molecule has 0 aliphatic rings. The van der Waals surface area contributed by atoms with Crippen molar-refractivity contribution in [3.63, 3.8) is 0 Å². The molecule has 6 nitrogen and oxygen atoms in total. The highest BCUT2D eigenvalue weighted by Gasteiger charge is 2.26. The van der Waals surface area contributed by atoms with Crippen LogP contribution in [0.15, 0.2) is 54.6 Å². The summed E-state index contributed by atoms with van der Waals surface area (Å²) < 4.78 is 5.31. The number of nitrogens with one attached hydrogen (secondary N) is 2. The van der Waals surface area contributed by atoms with Crippen molar-refractivity contribution in [3.05, 3.63) is 65.7 Å². The second kappa shape index (κ2) is 9.23. The number of amides is 2. The fourth-order valence-corrected chi connectivity index (χ4v) is 2.32. The fourth-order valence-electron chi connectivity index (χ4n) is 2.32. The minimum Gasteiger partial charge on any atom is -0.459 e. The van der Waals surface area contributed by atoms with Crippen LogP contribution in [0.3, 0.4) is 0 Å². The molecule has 0 spiro atoms. The molecular weight excluding hydrogens is 330 g/mol. The van der Waals surface area contributed by atoms with Crippen molar-refractivity contribution in [1.29, 1.82) is 5.26 Å². The smallest absolute Gasteiger partial charge is 0.329 e. The van der Waals surface area contributed by atoms with Gasteiger partial charge in [0, 0.05) is 11.3 Å². The monoisotopic (exact) mass is 351 g/mol. The molecule has 2 rings (SSSR count). The topological polar surface area (TPSA) is 91.2 Å². The van der Waals surface area contributed by atoms with Gasteiger partial charge in [-0.3, -0.25) is 0 Å². The largest absolute Gasteiger partial charge is 0.459 e. The molecule has 0 fully saturated rings. The number of hydrogen-bond acceptors (Lipinski definition) is 4. The molecule has 1 atom stereocenters. The number of urea groups is 1. The standard InChI is InChI=1S/C20H21N3O3/c1-14(2)18(23-20(25)22-17-10-4-3-5-11-17)19(24)26-13-16-9-7-6-8-15(16)12-21/h3-11,14,18H,13H2,1-2H3,(H2,22,23,25)/t18-/m0/s1. The quantitative estimate of drug-likeness (QED) is 0.780. The Kier molecular flexibility index (Phi) is 6.75. The van der Waals surface area contributed by atoms with E-state index in [0.717, 1.165) is 0 Å². The Bertz CT molecular complexity index is 797. The summed E-state index contributed by atoms with van der Waals surface area (Å²) in [5, 5.41) is 14.4. The molecule has 6 heteroatoms. The maximum absolute atomic E-state index is 12.4. The number of anilines is 1. The van der Waals surface area contributed by atoms with E-state index in [1.165, 1.54) is 0 Å². The van der Waals surface area contributed by atoms with Crippen LogP contribution in [0.25, 0.3) is 0 Å². The summed E-state index contributed by atoms with van der Waals surface area (Å²) >= 11 is 0. The van der Waals surface area contributed by atoms with E-state index in [1.807, 2.05) is 19.9 Å². The van der Waals surface area contributed by atoms with E-state index < -0.39 is 18.0 Å². The van der Waals surface area contributed by atoms with Crippen LogP contribution >= 0.6 is 0 Å². The van der Waals surface area contributed by atoms with Gasteiger partial charge in [-0.15, -0.1) is 0 Å². The third-order valence-electron chi connectivity index (χ3n) is 3.75. The molecule has 2 aromatic carbocycles. The zero-order valence-electron chi connectivity index (χ0n) is 14.7. The minimum atomic E-state index is -0.798. The van der Waals surface area contributed by atoms with Crippen molar-refractivity contribution in [3.8, 4) is 6.07 Å². The maximum atomic E-state index is 12.4. The van der Waals surface area contributed by atoms with Gasteiger partial charge < -0.3 is 15.4 Å². The Morgan fingerprint density at radius 1 is 1.08 bits per heavy atom. The van der Waals surface area contributed by atoms with Crippen LogP contribution in [-0.2, 0) is 16.1 Å². The molecule has 0 unspecified atom stereocenters. The lowest BCUT2D eigenvalue weighted by Gasteiger charge is -2.21. The Balaban J connectivity index is 1.96. The van der Waals surface area contributed by atoms with Crippen LogP contribution in [0, 0.1) is 17.2 Å². The summed E-state index contributed by atoms with van der Waals surface area (Å²) in [6, 6.07) is 16.6. The van der Waals surface area contributed by atoms with Gasteiger partial charge in [0.15, 0.2) is 0 Å². The summed E-state index contributed by atoms with van der Waals surface area (Å²) in [7, 11) is 0. The first kappa shape index (κ1) is 19.0. The van der Waals surface area contributed by atoms with Gasteiger partial charge in [-0.05, 0) is 24.1 Å². The molecule has 26 heavy (non-hydrogen) atoms. The molecule has 0 aliphatic heterocycles. The summed E-state index contributed by atoms with van der Waals surface area (Å²) in [6.45, 7) is 3.61.